The van der Waals surface area contributed by atoms with Crippen molar-refractivity contribution in [3.05, 3.63) is 24.3 Å². The van der Waals surface area contributed by atoms with Crippen LogP contribution in [0.2, 0.25) is 0 Å². The molecule has 0 saturated carbocycles. The number of methoxy groups -OCH3 is 1. The maximum atomic E-state index is 11.3. The molecule has 0 unspecified atom stereocenters. The Morgan fingerprint density at radius 1 is 1.26 bits per heavy atom. The summed E-state index contributed by atoms with van der Waals surface area (Å²) in [6.07, 6.45) is 0.278. The third-order valence-corrected chi connectivity index (χ3v) is 2.09. The zero-order valence-corrected chi connectivity index (χ0v) is 11.4. The second kappa shape index (κ2) is 9.18. The molecule has 3 N–H and O–H groups in total. The van der Waals surface area contributed by atoms with Crippen LogP contribution in [0.15, 0.2) is 24.3 Å². The highest BCUT2D eigenvalue weighted by Crippen LogP contribution is 2.15. The van der Waals surface area contributed by atoms with Crippen LogP contribution in [0.4, 0.5) is 5.69 Å². The smallest absolute Gasteiger partial charge is 0.343 e. The molecule has 106 valence electrons. The van der Waals surface area contributed by atoms with Gasteiger partial charge in [-0.2, -0.15) is 0 Å². The number of ether oxygens (including phenoxy) is 2. The maximum Gasteiger partial charge on any atom is 0.343 e. The summed E-state index contributed by atoms with van der Waals surface area (Å²) in [5.41, 5.74) is 5.92. The van der Waals surface area contributed by atoms with Crippen LogP contribution in [0.25, 0.3) is 0 Å². The van der Waals surface area contributed by atoms with Crippen LogP contribution in [0.5, 0.6) is 5.75 Å². The number of halogens is 1. The second-order valence-electron chi connectivity index (χ2n) is 3.48. The first-order valence-electron chi connectivity index (χ1n) is 5.45. The van der Waals surface area contributed by atoms with Crippen LogP contribution in [0.3, 0.4) is 0 Å². The molecule has 1 aromatic carbocycles. The molecule has 0 fully saturated rings. The molecule has 0 spiro atoms. The Balaban J connectivity index is 0.00000324. The van der Waals surface area contributed by atoms with Crippen molar-refractivity contribution in [1.82, 2.24) is 0 Å². The summed E-state index contributed by atoms with van der Waals surface area (Å²) >= 11 is 0. The molecule has 1 rings (SSSR count). The Kier molecular flexibility index (Phi) is 8.32. The topological polar surface area (TPSA) is 90.6 Å². The lowest BCUT2D eigenvalue weighted by atomic mass is 10.3. The van der Waals surface area contributed by atoms with E-state index in [0.29, 0.717) is 18.0 Å². The van der Waals surface area contributed by atoms with Gasteiger partial charge < -0.3 is 20.5 Å². The highest BCUT2D eigenvalue weighted by atomic mass is 35.5. The average Bonchev–Trinajstić information content (AvgIpc) is 2.37. The first kappa shape index (κ1) is 17.2. The van der Waals surface area contributed by atoms with Gasteiger partial charge in [-0.25, -0.2) is 4.79 Å². The molecule has 1 aromatic rings. The highest BCUT2D eigenvalue weighted by molar-refractivity contribution is 5.90. The van der Waals surface area contributed by atoms with E-state index in [1.807, 2.05) is 0 Å². The van der Waals surface area contributed by atoms with Gasteiger partial charge in [0.05, 0.1) is 7.11 Å². The van der Waals surface area contributed by atoms with Crippen molar-refractivity contribution in [2.24, 2.45) is 5.73 Å². The van der Waals surface area contributed by atoms with Gasteiger partial charge in [-0.1, -0.05) is 0 Å². The number of anilines is 1. The third kappa shape index (κ3) is 6.64. The number of esters is 1. The number of carbonyl (C=O) groups is 2. The van der Waals surface area contributed by atoms with Crippen molar-refractivity contribution in [3.63, 3.8) is 0 Å². The minimum atomic E-state index is -0.449. The maximum absolute atomic E-state index is 11.3. The lowest BCUT2D eigenvalue weighted by molar-refractivity contribution is -0.142. The first-order chi connectivity index (χ1) is 8.65. The van der Waals surface area contributed by atoms with E-state index < -0.39 is 5.97 Å². The first-order valence-corrected chi connectivity index (χ1v) is 5.45. The Labute approximate surface area is 117 Å². The van der Waals surface area contributed by atoms with Gasteiger partial charge in [0.25, 0.3) is 0 Å². The number of nitrogens with one attached hydrogen (secondary N) is 1. The number of rotatable bonds is 6. The fourth-order valence-electron chi connectivity index (χ4n) is 1.19. The normalized spacial score (nSPS) is 9.16. The molecule has 7 heteroatoms. The molecule has 0 saturated heterocycles. The third-order valence-electron chi connectivity index (χ3n) is 2.09. The summed E-state index contributed by atoms with van der Waals surface area (Å²) in [4.78, 5) is 22.1. The Bertz CT molecular complexity index is 409. The van der Waals surface area contributed by atoms with Gasteiger partial charge in [0, 0.05) is 18.7 Å². The van der Waals surface area contributed by atoms with E-state index in [1.54, 1.807) is 24.3 Å². The van der Waals surface area contributed by atoms with Gasteiger partial charge in [0.1, 0.15) is 5.75 Å². The average molecular weight is 289 g/mol. The van der Waals surface area contributed by atoms with Crippen LogP contribution >= 0.6 is 12.4 Å². The molecule has 0 aliphatic carbocycles. The number of hydrogen-bond donors (Lipinski definition) is 2. The SMILES string of the molecule is COC(=O)COc1ccc(NC(=O)CCN)cc1.Cl. The number of carbonyl (C=O) groups excluding carboxylic acids is 2. The number of benzene rings is 1. The predicted octanol–water partition coefficient (Wildman–Crippen LogP) is 0.947. The van der Waals surface area contributed by atoms with Gasteiger partial charge in [-0.3, -0.25) is 4.79 Å². The molecule has 0 aliphatic heterocycles. The number of nitrogens with two attached hydrogens (primary N) is 1. The standard InChI is InChI=1S/C12H16N2O4.ClH/c1-17-12(16)8-18-10-4-2-9(3-5-10)14-11(15)6-7-13;/h2-5H,6-8,13H2,1H3,(H,14,15);1H. The van der Waals surface area contributed by atoms with E-state index in [9.17, 15) is 9.59 Å². The Morgan fingerprint density at radius 3 is 2.42 bits per heavy atom. The van der Waals surface area contributed by atoms with E-state index in [2.05, 4.69) is 10.1 Å². The van der Waals surface area contributed by atoms with E-state index in [0.717, 1.165) is 0 Å². The van der Waals surface area contributed by atoms with E-state index in [-0.39, 0.29) is 31.3 Å². The van der Waals surface area contributed by atoms with Crippen molar-refractivity contribution in [1.29, 1.82) is 0 Å². The second-order valence-corrected chi connectivity index (χ2v) is 3.48. The van der Waals surface area contributed by atoms with Gasteiger partial charge in [-0.05, 0) is 24.3 Å². The fourth-order valence-corrected chi connectivity index (χ4v) is 1.19. The number of amides is 1. The van der Waals surface area contributed by atoms with Gasteiger partial charge in [0.2, 0.25) is 5.91 Å². The quantitative estimate of drug-likeness (QED) is 0.761. The lowest BCUT2D eigenvalue weighted by Crippen LogP contribution is -2.16. The zero-order chi connectivity index (χ0) is 13.4. The van der Waals surface area contributed by atoms with Crippen LogP contribution in [-0.2, 0) is 14.3 Å². The lowest BCUT2D eigenvalue weighted by Gasteiger charge is -2.07. The zero-order valence-electron chi connectivity index (χ0n) is 10.5. The minimum Gasteiger partial charge on any atom is -0.482 e. The van der Waals surface area contributed by atoms with Gasteiger partial charge in [-0.15, -0.1) is 12.4 Å². The van der Waals surface area contributed by atoms with E-state index in [1.165, 1.54) is 7.11 Å². The number of hydrogen-bond acceptors (Lipinski definition) is 5. The molecular weight excluding hydrogens is 272 g/mol. The molecule has 1 amide bonds. The summed E-state index contributed by atoms with van der Waals surface area (Å²) in [6, 6.07) is 6.67. The molecule has 0 radical (unpaired) electrons. The molecule has 0 bridgehead atoms. The van der Waals surface area contributed by atoms with E-state index >= 15 is 0 Å². The van der Waals surface area contributed by atoms with Gasteiger partial charge >= 0.3 is 5.97 Å². The van der Waals surface area contributed by atoms with Crippen molar-refractivity contribution < 1.29 is 19.1 Å². The summed E-state index contributed by atoms with van der Waals surface area (Å²) in [7, 11) is 1.29. The Hall–Kier alpha value is -1.79. The van der Waals surface area contributed by atoms with Crippen LogP contribution in [-0.4, -0.2) is 32.1 Å². The largest absolute Gasteiger partial charge is 0.482 e. The van der Waals surface area contributed by atoms with Crippen LogP contribution in [0, 0.1) is 0 Å². The summed E-state index contributed by atoms with van der Waals surface area (Å²) in [5.74, 6) is -0.0618. The molecule has 19 heavy (non-hydrogen) atoms. The van der Waals surface area contributed by atoms with E-state index in [4.69, 9.17) is 10.5 Å². The predicted molar refractivity (Wildman–Crippen MR) is 73.5 cm³/mol. The van der Waals surface area contributed by atoms with Crippen molar-refractivity contribution in [3.8, 4) is 5.75 Å². The van der Waals surface area contributed by atoms with Crippen molar-refractivity contribution >= 4 is 30.0 Å². The molecule has 6 nitrogen and oxygen atoms in total. The monoisotopic (exact) mass is 288 g/mol. The molecule has 0 aliphatic rings. The summed E-state index contributed by atoms with van der Waals surface area (Å²) in [6.45, 7) is 0.168. The van der Waals surface area contributed by atoms with Crippen molar-refractivity contribution in [2.75, 3.05) is 25.6 Å². The van der Waals surface area contributed by atoms with Crippen LogP contribution < -0.4 is 15.8 Å². The molecule has 0 heterocycles. The summed E-state index contributed by atoms with van der Waals surface area (Å²) in [5, 5.41) is 2.68. The molecule has 0 aromatic heterocycles. The van der Waals surface area contributed by atoms with Gasteiger partial charge in [0.15, 0.2) is 6.61 Å². The fraction of sp³-hybridized carbons (Fsp3) is 0.333. The highest BCUT2D eigenvalue weighted by Gasteiger charge is 2.03. The molecule has 0 atom stereocenters. The summed E-state index contributed by atoms with van der Waals surface area (Å²) < 4.78 is 9.60. The van der Waals surface area contributed by atoms with Crippen molar-refractivity contribution in [2.45, 2.75) is 6.42 Å². The molecular formula is C12H17ClN2O4. The van der Waals surface area contributed by atoms with Crippen LogP contribution in [0.1, 0.15) is 6.42 Å². The Morgan fingerprint density at radius 2 is 1.89 bits per heavy atom. The minimum absolute atomic E-state index is 0.